The van der Waals surface area contributed by atoms with E-state index in [9.17, 15) is 18.5 Å². The first kappa shape index (κ1) is 25.5. The zero-order chi connectivity index (χ0) is 25.2. The lowest BCUT2D eigenvalue weighted by Gasteiger charge is -2.34. The molecule has 1 heterocycles. The van der Waals surface area contributed by atoms with Gasteiger partial charge in [-0.05, 0) is 55.5 Å². The minimum absolute atomic E-state index is 0.0379. The lowest BCUT2D eigenvalue weighted by molar-refractivity contribution is 0.0698. The van der Waals surface area contributed by atoms with Crippen molar-refractivity contribution < 1.29 is 13.2 Å². The molecule has 35 heavy (non-hydrogen) atoms. The number of halogens is 2. The van der Waals surface area contributed by atoms with Gasteiger partial charge in [0.1, 0.15) is 0 Å². The zero-order valence-electron chi connectivity index (χ0n) is 18.7. The second kappa shape index (κ2) is 10.6. The summed E-state index contributed by atoms with van der Waals surface area (Å²) >= 11 is 13.4. The molecule has 0 spiro atoms. The summed E-state index contributed by atoms with van der Waals surface area (Å²) in [5.74, 6) is -0.123. The van der Waals surface area contributed by atoms with Crippen molar-refractivity contribution >= 4 is 50.9 Å². The van der Waals surface area contributed by atoms with E-state index < -0.39 is 10.0 Å². The van der Waals surface area contributed by atoms with E-state index in [1.165, 1.54) is 22.1 Å². The van der Waals surface area contributed by atoms with Crippen molar-refractivity contribution in [2.24, 2.45) is 0 Å². The van der Waals surface area contributed by atoms with Crippen LogP contribution in [0.5, 0.6) is 0 Å². The van der Waals surface area contributed by atoms with Crippen LogP contribution in [0.2, 0.25) is 10.0 Å². The number of amides is 1. The first-order valence-corrected chi connectivity index (χ1v) is 13.7. The van der Waals surface area contributed by atoms with Gasteiger partial charge in [0.05, 0.1) is 16.5 Å². The number of benzene rings is 3. The van der Waals surface area contributed by atoms with Crippen LogP contribution in [0.4, 0.5) is 0 Å². The maximum absolute atomic E-state index is 13.6. The number of nitrogens with zero attached hydrogens (tertiary/aromatic N) is 3. The Morgan fingerprint density at radius 1 is 0.943 bits per heavy atom. The van der Waals surface area contributed by atoms with Crippen molar-refractivity contribution in [2.45, 2.75) is 21.6 Å². The van der Waals surface area contributed by atoms with Crippen LogP contribution < -0.4 is 0 Å². The van der Waals surface area contributed by atoms with Crippen LogP contribution in [0.25, 0.3) is 0 Å². The number of rotatable bonds is 5. The maximum atomic E-state index is 13.6. The molecule has 3 aromatic rings. The molecule has 4 rings (SSSR count). The highest BCUT2D eigenvalue weighted by atomic mass is 35.5. The van der Waals surface area contributed by atoms with Crippen LogP contribution in [-0.4, -0.2) is 49.7 Å². The smallest absolute Gasteiger partial charge is 0.253 e. The lowest BCUT2D eigenvalue weighted by atomic mass is 10.1. The van der Waals surface area contributed by atoms with E-state index >= 15 is 0 Å². The molecular formula is C25H21Cl2N3O3S2. The van der Waals surface area contributed by atoms with Gasteiger partial charge in [-0.2, -0.15) is 9.57 Å². The molecule has 1 aliphatic rings. The average molecular weight is 547 g/mol. The quantitative estimate of drug-likeness (QED) is 0.424. The molecule has 3 aromatic carbocycles. The fourth-order valence-electron chi connectivity index (χ4n) is 3.73. The number of carbonyl (C=O) groups is 1. The van der Waals surface area contributed by atoms with Crippen molar-refractivity contribution in [1.82, 2.24) is 9.21 Å². The van der Waals surface area contributed by atoms with Gasteiger partial charge in [-0.3, -0.25) is 4.79 Å². The normalized spacial score (nSPS) is 14.5. The number of hydrogen-bond donors (Lipinski definition) is 0. The second-order valence-electron chi connectivity index (χ2n) is 8.04. The predicted octanol–water partition coefficient (Wildman–Crippen LogP) is 5.47. The molecule has 0 aliphatic carbocycles. The van der Waals surface area contributed by atoms with Crippen molar-refractivity contribution in [2.75, 3.05) is 26.2 Å². The predicted molar refractivity (Wildman–Crippen MR) is 138 cm³/mol. The third-order valence-corrected chi connectivity index (χ3v) is 9.13. The number of hydrogen-bond acceptors (Lipinski definition) is 5. The maximum Gasteiger partial charge on any atom is 0.253 e. The standard InChI is InChI=1S/C25H21Cl2N3O3S2/c1-17-2-5-19(6-3-17)25(31)29-8-10-30(11-9-29)35(32,33)24-12-18(16-28)4-7-23(24)34-22-14-20(26)13-21(27)15-22/h2-7,12-15H,8-11H2,1H3. The fourth-order valence-corrected chi connectivity index (χ4v) is 7.27. The Balaban J connectivity index is 1.57. The molecule has 0 N–H and O–H groups in total. The van der Waals surface area contributed by atoms with Crippen LogP contribution in [0.15, 0.2) is 75.4 Å². The van der Waals surface area contributed by atoms with Gasteiger partial charge >= 0.3 is 0 Å². The number of nitriles is 1. The Morgan fingerprint density at radius 2 is 1.57 bits per heavy atom. The third kappa shape index (κ3) is 5.83. The molecule has 0 unspecified atom stereocenters. The molecule has 0 aromatic heterocycles. The van der Waals surface area contributed by atoms with Crippen molar-refractivity contribution in [3.8, 4) is 6.07 Å². The largest absolute Gasteiger partial charge is 0.336 e. The summed E-state index contributed by atoms with van der Waals surface area (Å²) in [5, 5.41) is 10.2. The van der Waals surface area contributed by atoms with Gasteiger partial charge < -0.3 is 4.90 Å². The van der Waals surface area contributed by atoms with Crippen LogP contribution in [0.3, 0.4) is 0 Å². The molecule has 0 radical (unpaired) electrons. The molecule has 0 atom stereocenters. The van der Waals surface area contributed by atoms with Gasteiger partial charge in [0.15, 0.2) is 0 Å². The molecule has 180 valence electrons. The summed E-state index contributed by atoms with van der Waals surface area (Å²) in [6.07, 6.45) is 0. The summed E-state index contributed by atoms with van der Waals surface area (Å²) in [4.78, 5) is 15.7. The van der Waals surface area contributed by atoms with Crippen molar-refractivity contribution in [3.63, 3.8) is 0 Å². The summed E-state index contributed by atoms with van der Waals surface area (Å²) in [7, 11) is -3.93. The summed E-state index contributed by atoms with van der Waals surface area (Å²) in [5.41, 5.74) is 1.88. The number of aryl methyl sites for hydroxylation is 1. The van der Waals surface area contributed by atoms with Crippen LogP contribution in [0.1, 0.15) is 21.5 Å². The van der Waals surface area contributed by atoms with Crippen LogP contribution >= 0.6 is 35.0 Å². The van der Waals surface area contributed by atoms with Gasteiger partial charge in [0, 0.05) is 51.6 Å². The molecule has 1 amide bonds. The third-order valence-electron chi connectivity index (χ3n) is 5.58. The van der Waals surface area contributed by atoms with Gasteiger partial charge in [0.2, 0.25) is 10.0 Å². The minimum atomic E-state index is -3.93. The van der Waals surface area contributed by atoms with Crippen molar-refractivity contribution in [1.29, 1.82) is 5.26 Å². The molecule has 1 aliphatic heterocycles. The van der Waals surface area contributed by atoms with Gasteiger partial charge in [0.25, 0.3) is 5.91 Å². The molecule has 0 saturated carbocycles. The van der Waals surface area contributed by atoms with Gasteiger partial charge in [-0.25, -0.2) is 8.42 Å². The topological polar surface area (TPSA) is 81.5 Å². The molecule has 1 fully saturated rings. The summed E-state index contributed by atoms with van der Waals surface area (Å²) < 4.78 is 28.6. The van der Waals surface area contributed by atoms with Gasteiger partial charge in [-0.1, -0.05) is 52.7 Å². The fraction of sp³-hybridized carbons (Fsp3) is 0.200. The summed E-state index contributed by atoms with van der Waals surface area (Å²) in [6.45, 7) is 2.81. The number of sulfonamides is 1. The highest BCUT2D eigenvalue weighted by molar-refractivity contribution is 8.00. The summed E-state index contributed by atoms with van der Waals surface area (Å²) in [6, 6.07) is 18.9. The second-order valence-corrected chi connectivity index (χ2v) is 11.9. The van der Waals surface area contributed by atoms with E-state index in [0.29, 0.717) is 25.4 Å². The first-order valence-electron chi connectivity index (χ1n) is 10.7. The van der Waals surface area contributed by atoms with Gasteiger partial charge in [-0.15, -0.1) is 0 Å². The van der Waals surface area contributed by atoms with E-state index in [1.807, 2.05) is 25.1 Å². The van der Waals surface area contributed by atoms with E-state index in [1.54, 1.807) is 47.4 Å². The highest BCUT2D eigenvalue weighted by Gasteiger charge is 2.32. The number of carbonyl (C=O) groups excluding carboxylic acids is 1. The molecule has 1 saturated heterocycles. The zero-order valence-corrected chi connectivity index (χ0v) is 21.9. The van der Waals surface area contributed by atoms with E-state index in [-0.39, 0.29) is 42.5 Å². The van der Waals surface area contributed by atoms with E-state index in [4.69, 9.17) is 23.2 Å². The molecular weight excluding hydrogens is 525 g/mol. The van der Waals surface area contributed by atoms with Crippen LogP contribution in [0, 0.1) is 18.3 Å². The molecule has 10 heteroatoms. The molecule has 0 bridgehead atoms. The Morgan fingerprint density at radius 3 is 2.17 bits per heavy atom. The Labute approximate surface area is 219 Å². The van der Waals surface area contributed by atoms with Crippen LogP contribution in [-0.2, 0) is 10.0 Å². The van der Waals surface area contributed by atoms with E-state index in [0.717, 1.165) is 5.56 Å². The molecule has 6 nitrogen and oxygen atoms in total. The Kier molecular flexibility index (Phi) is 7.74. The van der Waals surface area contributed by atoms with E-state index in [2.05, 4.69) is 0 Å². The Hall–Kier alpha value is -2.54. The highest BCUT2D eigenvalue weighted by Crippen LogP contribution is 2.37. The monoisotopic (exact) mass is 545 g/mol. The van der Waals surface area contributed by atoms with Crippen molar-refractivity contribution in [3.05, 3.63) is 87.4 Å². The Bertz CT molecular complexity index is 1390. The minimum Gasteiger partial charge on any atom is -0.336 e. The SMILES string of the molecule is Cc1ccc(C(=O)N2CCN(S(=O)(=O)c3cc(C#N)ccc3Sc3cc(Cl)cc(Cl)c3)CC2)cc1. The average Bonchev–Trinajstić information content (AvgIpc) is 2.83. The first-order chi connectivity index (χ1) is 16.7. The number of piperazine rings is 1. The lowest BCUT2D eigenvalue weighted by Crippen LogP contribution is -2.50.